The van der Waals surface area contributed by atoms with E-state index in [1.54, 1.807) is 24.3 Å². The van der Waals surface area contributed by atoms with Gasteiger partial charge in [0.15, 0.2) is 5.78 Å². The van der Waals surface area contributed by atoms with Crippen molar-refractivity contribution in [1.82, 2.24) is 5.32 Å². The second-order valence-electron chi connectivity index (χ2n) is 5.85. The molecule has 1 aromatic carbocycles. The molecule has 2 aliphatic rings. The maximum atomic E-state index is 12.5. The molecular formula is C18H19NO4. The number of carbonyl (C=O) groups is 2. The number of nitrogens with one attached hydrogen (secondary N) is 1. The minimum atomic E-state index is -0.452. The molecule has 0 saturated heterocycles. The molecule has 1 atom stereocenters. The van der Waals surface area contributed by atoms with E-state index in [2.05, 4.69) is 5.32 Å². The summed E-state index contributed by atoms with van der Waals surface area (Å²) in [5, 5.41) is 12.7. The van der Waals surface area contributed by atoms with Crippen LogP contribution in [0.1, 0.15) is 37.7 Å². The van der Waals surface area contributed by atoms with Crippen LogP contribution in [0.15, 0.2) is 46.8 Å². The molecule has 5 heteroatoms. The standard InChI is InChI=1S/C18H19NO4/c1-10-15(18(22)23-2)16(11-6-8-12(20)9-7-11)17-13(19-10)4-3-5-14(17)21/h6-9,16,19-20H,3-5H2,1-2H3. The van der Waals surface area contributed by atoms with Gasteiger partial charge in [0, 0.05) is 29.3 Å². The van der Waals surface area contributed by atoms with Crippen LogP contribution in [0.25, 0.3) is 0 Å². The molecule has 0 amide bonds. The number of hydrogen-bond acceptors (Lipinski definition) is 5. The Kier molecular flexibility index (Phi) is 3.94. The summed E-state index contributed by atoms with van der Waals surface area (Å²) >= 11 is 0. The number of rotatable bonds is 2. The number of carbonyl (C=O) groups excluding carboxylic acids is 2. The van der Waals surface area contributed by atoms with Gasteiger partial charge in [-0.25, -0.2) is 4.79 Å². The predicted octanol–water partition coefficient (Wildman–Crippen LogP) is 2.53. The van der Waals surface area contributed by atoms with Gasteiger partial charge in [0.25, 0.3) is 0 Å². The zero-order valence-electron chi connectivity index (χ0n) is 13.2. The van der Waals surface area contributed by atoms with Gasteiger partial charge < -0.3 is 15.2 Å². The van der Waals surface area contributed by atoms with E-state index in [9.17, 15) is 14.7 Å². The highest BCUT2D eigenvalue weighted by Crippen LogP contribution is 2.42. The van der Waals surface area contributed by atoms with Crippen LogP contribution in [-0.2, 0) is 14.3 Å². The van der Waals surface area contributed by atoms with Crippen LogP contribution in [0, 0.1) is 0 Å². The van der Waals surface area contributed by atoms with Crippen molar-refractivity contribution in [3.8, 4) is 5.75 Å². The Balaban J connectivity index is 2.18. The van der Waals surface area contributed by atoms with E-state index in [-0.39, 0.29) is 11.5 Å². The number of hydrogen-bond donors (Lipinski definition) is 2. The van der Waals surface area contributed by atoms with E-state index >= 15 is 0 Å². The number of benzene rings is 1. The lowest BCUT2D eigenvalue weighted by Crippen LogP contribution is -2.34. The van der Waals surface area contributed by atoms with Gasteiger partial charge >= 0.3 is 5.97 Å². The van der Waals surface area contributed by atoms with E-state index in [1.165, 1.54) is 7.11 Å². The summed E-state index contributed by atoms with van der Waals surface area (Å²) in [6.07, 6.45) is 2.10. The van der Waals surface area contributed by atoms with Crippen LogP contribution < -0.4 is 5.32 Å². The fourth-order valence-corrected chi connectivity index (χ4v) is 3.36. The first-order valence-electron chi connectivity index (χ1n) is 7.64. The van der Waals surface area contributed by atoms with Crippen molar-refractivity contribution in [3.05, 3.63) is 52.4 Å². The average molecular weight is 313 g/mol. The van der Waals surface area contributed by atoms with Crippen molar-refractivity contribution in [1.29, 1.82) is 0 Å². The summed E-state index contributed by atoms with van der Waals surface area (Å²) in [7, 11) is 1.34. The van der Waals surface area contributed by atoms with Gasteiger partial charge in [-0.15, -0.1) is 0 Å². The second kappa shape index (κ2) is 5.91. The highest BCUT2D eigenvalue weighted by molar-refractivity contribution is 6.03. The number of phenolic OH excluding ortho intramolecular Hbond substituents is 1. The summed E-state index contributed by atoms with van der Waals surface area (Å²) in [6, 6.07) is 6.62. The summed E-state index contributed by atoms with van der Waals surface area (Å²) in [5.74, 6) is -0.692. The topological polar surface area (TPSA) is 75.6 Å². The number of dihydropyridines is 1. The van der Waals surface area contributed by atoms with Crippen LogP contribution >= 0.6 is 0 Å². The first-order valence-corrected chi connectivity index (χ1v) is 7.64. The van der Waals surface area contributed by atoms with Crippen LogP contribution in [0.5, 0.6) is 5.75 Å². The van der Waals surface area contributed by atoms with Crippen molar-refractivity contribution >= 4 is 11.8 Å². The molecule has 3 rings (SSSR count). The fraction of sp³-hybridized carbons (Fsp3) is 0.333. The summed E-state index contributed by atoms with van der Waals surface area (Å²) in [4.78, 5) is 24.8. The molecule has 1 aliphatic carbocycles. The Bertz CT molecular complexity index is 728. The smallest absolute Gasteiger partial charge is 0.336 e. The number of ketones is 1. The predicted molar refractivity (Wildman–Crippen MR) is 84.6 cm³/mol. The second-order valence-corrected chi connectivity index (χ2v) is 5.85. The molecule has 0 saturated carbocycles. The number of esters is 1. The van der Waals surface area contributed by atoms with E-state index in [0.29, 0.717) is 23.3 Å². The molecule has 120 valence electrons. The third kappa shape index (κ3) is 2.63. The number of ether oxygens (including phenoxy) is 1. The van der Waals surface area contributed by atoms with Crippen molar-refractivity contribution in [2.75, 3.05) is 7.11 Å². The molecule has 0 bridgehead atoms. The van der Waals surface area contributed by atoms with E-state index in [4.69, 9.17) is 4.74 Å². The van der Waals surface area contributed by atoms with Crippen LogP contribution in [0.4, 0.5) is 0 Å². The number of Topliss-reactive ketones (excluding diaryl/α,β-unsaturated/α-hetero) is 1. The number of allylic oxidation sites excluding steroid dienone is 3. The average Bonchev–Trinajstić information content (AvgIpc) is 2.54. The molecule has 1 aromatic rings. The van der Waals surface area contributed by atoms with Crippen molar-refractivity contribution in [2.45, 2.75) is 32.1 Å². The van der Waals surface area contributed by atoms with Gasteiger partial charge in [0.1, 0.15) is 5.75 Å². The number of aromatic hydroxyl groups is 1. The highest BCUT2D eigenvalue weighted by atomic mass is 16.5. The van der Waals surface area contributed by atoms with Crippen molar-refractivity contribution in [3.63, 3.8) is 0 Å². The summed E-state index contributed by atoms with van der Waals surface area (Å²) in [5.41, 5.74) is 3.50. The third-order valence-electron chi connectivity index (χ3n) is 4.41. The Morgan fingerprint density at radius 1 is 1.26 bits per heavy atom. The van der Waals surface area contributed by atoms with Crippen LogP contribution in [-0.4, -0.2) is 24.0 Å². The first kappa shape index (κ1) is 15.3. The minimum Gasteiger partial charge on any atom is -0.508 e. The Morgan fingerprint density at radius 3 is 2.61 bits per heavy atom. The number of phenols is 1. The molecule has 23 heavy (non-hydrogen) atoms. The maximum Gasteiger partial charge on any atom is 0.336 e. The monoisotopic (exact) mass is 313 g/mol. The molecule has 1 aliphatic heterocycles. The van der Waals surface area contributed by atoms with Gasteiger partial charge in [-0.05, 0) is 37.5 Å². The third-order valence-corrected chi connectivity index (χ3v) is 4.41. The minimum absolute atomic E-state index is 0.0609. The van der Waals surface area contributed by atoms with Crippen LogP contribution in [0.3, 0.4) is 0 Å². The zero-order valence-corrected chi connectivity index (χ0v) is 13.2. The van der Waals surface area contributed by atoms with Crippen LogP contribution in [0.2, 0.25) is 0 Å². The van der Waals surface area contributed by atoms with E-state index < -0.39 is 11.9 Å². The van der Waals surface area contributed by atoms with Crippen molar-refractivity contribution in [2.24, 2.45) is 0 Å². The molecule has 0 fully saturated rings. The molecule has 0 radical (unpaired) electrons. The normalized spacial score (nSPS) is 21.0. The largest absolute Gasteiger partial charge is 0.508 e. The van der Waals surface area contributed by atoms with E-state index in [0.717, 1.165) is 24.1 Å². The van der Waals surface area contributed by atoms with E-state index in [1.807, 2.05) is 6.92 Å². The molecule has 1 unspecified atom stereocenters. The molecule has 5 nitrogen and oxygen atoms in total. The summed E-state index contributed by atoms with van der Waals surface area (Å²) < 4.78 is 4.93. The Labute approximate surface area is 134 Å². The Hall–Kier alpha value is -2.56. The molecule has 2 N–H and O–H groups in total. The molecule has 1 heterocycles. The zero-order chi connectivity index (χ0) is 16.6. The maximum absolute atomic E-state index is 12.5. The van der Waals surface area contributed by atoms with Gasteiger partial charge in [0.2, 0.25) is 0 Å². The lowest BCUT2D eigenvalue weighted by molar-refractivity contribution is -0.136. The van der Waals surface area contributed by atoms with Gasteiger partial charge in [-0.3, -0.25) is 4.79 Å². The molecule has 0 spiro atoms. The van der Waals surface area contributed by atoms with Gasteiger partial charge in [0.05, 0.1) is 12.7 Å². The quantitative estimate of drug-likeness (QED) is 0.821. The summed E-state index contributed by atoms with van der Waals surface area (Å²) in [6.45, 7) is 1.82. The lowest BCUT2D eigenvalue weighted by Gasteiger charge is -2.34. The fourth-order valence-electron chi connectivity index (χ4n) is 3.36. The molecular weight excluding hydrogens is 294 g/mol. The number of methoxy groups -OCH3 is 1. The lowest BCUT2D eigenvalue weighted by atomic mass is 9.75. The molecule has 0 aromatic heterocycles. The highest BCUT2D eigenvalue weighted by Gasteiger charge is 2.38. The Morgan fingerprint density at radius 2 is 1.96 bits per heavy atom. The van der Waals surface area contributed by atoms with Gasteiger partial charge in [-0.1, -0.05) is 12.1 Å². The first-order chi connectivity index (χ1) is 11.0. The van der Waals surface area contributed by atoms with Crippen molar-refractivity contribution < 1.29 is 19.4 Å². The SMILES string of the molecule is COC(=O)C1=C(C)NC2=C(C(=O)CCC2)C1c1ccc(O)cc1. The van der Waals surface area contributed by atoms with Gasteiger partial charge in [-0.2, -0.15) is 0 Å².